The van der Waals surface area contributed by atoms with E-state index in [9.17, 15) is 0 Å². The van der Waals surface area contributed by atoms with Gasteiger partial charge in [-0.25, -0.2) is 0 Å². The molecule has 0 bridgehead atoms. The minimum atomic E-state index is -0.0502. The molecule has 76 valence electrons. The first-order chi connectivity index (χ1) is 7.26. The zero-order chi connectivity index (χ0) is 11.1. The number of nitriles is 2. The fourth-order valence-electron chi connectivity index (χ4n) is 1.36. The molecule has 0 saturated heterocycles. The van der Waals surface area contributed by atoms with Crippen LogP contribution in [0, 0.1) is 28.6 Å². The Morgan fingerprint density at radius 1 is 1.20 bits per heavy atom. The Balaban J connectivity index is 2.56. The van der Waals surface area contributed by atoms with E-state index >= 15 is 0 Å². The second-order valence-corrected chi connectivity index (χ2v) is 4.27. The Kier molecular flexibility index (Phi) is 4.87. The molecule has 0 fully saturated rings. The largest absolute Gasteiger partial charge is 0.198 e. The quantitative estimate of drug-likeness (QED) is 0.835. The molecule has 2 nitrogen and oxygen atoms in total. The van der Waals surface area contributed by atoms with Gasteiger partial charge in [0.05, 0.1) is 18.1 Å². The second-order valence-electron chi connectivity index (χ2n) is 3.35. The highest BCUT2D eigenvalue weighted by Gasteiger charge is 2.07. The van der Waals surface area contributed by atoms with Gasteiger partial charge in [0.25, 0.3) is 0 Å². The van der Waals surface area contributed by atoms with Gasteiger partial charge in [-0.15, -0.1) is 0 Å². The molecule has 0 heterocycles. The highest BCUT2D eigenvalue weighted by Crippen LogP contribution is 2.16. The summed E-state index contributed by atoms with van der Waals surface area (Å²) in [4.78, 5) is 0. The third-order valence-electron chi connectivity index (χ3n) is 2.18. The monoisotopic (exact) mass is 262 g/mol. The molecule has 1 unspecified atom stereocenters. The van der Waals surface area contributed by atoms with E-state index in [4.69, 9.17) is 10.5 Å². The summed E-state index contributed by atoms with van der Waals surface area (Å²) < 4.78 is 1.04. The van der Waals surface area contributed by atoms with Crippen molar-refractivity contribution >= 4 is 15.9 Å². The van der Waals surface area contributed by atoms with Gasteiger partial charge >= 0.3 is 0 Å². The average molecular weight is 263 g/mol. The van der Waals surface area contributed by atoms with Crippen LogP contribution in [0.5, 0.6) is 0 Å². The summed E-state index contributed by atoms with van der Waals surface area (Å²) in [6.07, 6.45) is 1.84. The molecule has 0 saturated carbocycles. The molecule has 1 aromatic carbocycles. The van der Waals surface area contributed by atoms with E-state index < -0.39 is 0 Å². The van der Waals surface area contributed by atoms with E-state index in [-0.39, 0.29) is 5.92 Å². The molecule has 15 heavy (non-hydrogen) atoms. The van der Waals surface area contributed by atoms with Crippen molar-refractivity contribution in [3.05, 3.63) is 34.3 Å². The van der Waals surface area contributed by atoms with Crippen LogP contribution < -0.4 is 0 Å². The molecule has 0 radical (unpaired) electrons. The van der Waals surface area contributed by atoms with Crippen LogP contribution in [0.1, 0.15) is 18.4 Å². The number of benzene rings is 1. The fourth-order valence-corrected chi connectivity index (χ4v) is 1.62. The molecule has 0 spiro atoms. The number of halogens is 1. The minimum Gasteiger partial charge on any atom is -0.198 e. The molecule has 0 aliphatic heterocycles. The van der Waals surface area contributed by atoms with Crippen LogP contribution in [0.2, 0.25) is 0 Å². The van der Waals surface area contributed by atoms with E-state index in [2.05, 4.69) is 28.1 Å². The zero-order valence-electron chi connectivity index (χ0n) is 8.28. The molecular weight excluding hydrogens is 252 g/mol. The van der Waals surface area contributed by atoms with Crippen LogP contribution >= 0.6 is 15.9 Å². The van der Waals surface area contributed by atoms with Crippen molar-refractivity contribution in [3.63, 3.8) is 0 Å². The van der Waals surface area contributed by atoms with Gasteiger partial charge in [0.15, 0.2) is 0 Å². The van der Waals surface area contributed by atoms with Crippen molar-refractivity contribution in [2.45, 2.75) is 19.3 Å². The first-order valence-electron chi connectivity index (χ1n) is 4.77. The predicted molar refractivity (Wildman–Crippen MR) is 61.8 cm³/mol. The molecule has 1 atom stereocenters. The Labute approximate surface area is 98.3 Å². The molecule has 0 aliphatic rings. The summed E-state index contributed by atoms with van der Waals surface area (Å²) in [5.74, 6) is -0.0502. The van der Waals surface area contributed by atoms with Crippen molar-refractivity contribution in [2.24, 2.45) is 5.92 Å². The summed E-state index contributed by atoms with van der Waals surface area (Å²) in [6, 6.07) is 12.2. The fraction of sp³-hybridized carbons (Fsp3) is 0.333. The van der Waals surface area contributed by atoms with Gasteiger partial charge in [0.2, 0.25) is 0 Å². The van der Waals surface area contributed by atoms with Crippen LogP contribution in [0.3, 0.4) is 0 Å². The lowest BCUT2D eigenvalue weighted by Crippen LogP contribution is -2.01. The molecular formula is C12H11BrN2. The van der Waals surface area contributed by atoms with Gasteiger partial charge in [-0.05, 0) is 30.5 Å². The Morgan fingerprint density at radius 2 is 1.87 bits per heavy atom. The van der Waals surface area contributed by atoms with E-state index in [1.165, 1.54) is 0 Å². The number of hydrogen-bond donors (Lipinski definition) is 0. The van der Waals surface area contributed by atoms with Gasteiger partial charge in [-0.2, -0.15) is 10.5 Å². The van der Waals surface area contributed by atoms with Crippen LogP contribution in [-0.4, -0.2) is 0 Å². The molecule has 0 amide bonds. The third kappa shape index (κ3) is 4.14. The minimum absolute atomic E-state index is 0.0502. The lowest BCUT2D eigenvalue weighted by Gasteiger charge is -2.06. The lowest BCUT2D eigenvalue weighted by molar-refractivity contribution is 0.611. The zero-order valence-corrected chi connectivity index (χ0v) is 9.87. The van der Waals surface area contributed by atoms with Crippen molar-refractivity contribution < 1.29 is 0 Å². The Bertz CT molecular complexity index is 384. The SMILES string of the molecule is N#CCCC(C#N)Cc1ccc(Br)cc1. The second kappa shape index (κ2) is 6.22. The van der Waals surface area contributed by atoms with Gasteiger partial charge in [-0.1, -0.05) is 28.1 Å². The number of rotatable bonds is 4. The van der Waals surface area contributed by atoms with E-state index in [0.29, 0.717) is 12.8 Å². The maximum absolute atomic E-state index is 8.90. The van der Waals surface area contributed by atoms with Crippen molar-refractivity contribution in [3.8, 4) is 12.1 Å². The summed E-state index contributed by atoms with van der Waals surface area (Å²) in [5, 5.41) is 17.3. The van der Waals surface area contributed by atoms with Crippen molar-refractivity contribution in [1.29, 1.82) is 10.5 Å². The van der Waals surface area contributed by atoms with Gasteiger partial charge in [0, 0.05) is 10.9 Å². The standard InChI is InChI=1S/C12H11BrN2/c13-12-5-3-10(4-6-12)8-11(9-15)2-1-7-14/h3-6,11H,1-2,8H2. The normalized spacial score (nSPS) is 11.4. The van der Waals surface area contributed by atoms with E-state index in [1.807, 2.05) is 24.3 Å². The highest BCUT2D eigenvalue weighted by atomic mass is 79.9. The molecule has 0 aromatic heterocycles. The lowest BCUT2D eigenvalue weighted by atomic mass is 9.96. The van der Waals surface area contributed by atoms with Gasteiger partial charge in [0.1, 0.15) is 0 Å². The average Bonchev–Trinajstić information content (AvgIpc) is 2.27. The van der Waals surface area contributed by atoms with Crippen molar-refractivity contribution in [2.75, 3.05) is 0 Å². The highest BCUT2D eigenvalue weighted by molar-refractivity contribution is 9.10. The smallest absolute Gasteiger partial charge is 0.0659 e. The number of nitrogens with zero attached hydrogens (tertiary/aromatic N) is 2. The summed E-state index contributed by atoms with van der Waals surface area (Å²) in [5.41, 5.74) is 1.14. The van der Waals surface area contributed by atoms with Crippen LogP contribution in [-0.2, 0) is 6.42 Å². The van der Waals surface area contributed by atoms with Gasteiger partial charge in [-0.3, -0.25) is 0 Å². The first kappa shape index (κ1) is 11.8. The van der Waals surface area contributed by atoms with Crippen molar-refractivity contribution in [1.82, 2.24) is 0 Å². The number of hydrogen-bond acceptors (Lipinski definition) is 2. The Hall–Kier alpha value is -1.32. The van der Waals surface area contributed by atoms with E-state index in [1.54, 1.807) is 0 Å². The molecule has 3 heteroatoms. The summed E-state index contributed by atoms with van der Waals surface area (Å²) in [7, 11) is 0. The molecule has 0 aliphatic carbocycles. The van der Waals surface area contributed by atoms with Crippen LogP contribution in [0.15, 0.2) is 28.7 Å². The Morgan fingerprint density at radius 3 is 2.40 bits per heavy atom. The molecule has 1 rings (SSSR count). The summed E-state index contributed by atoms with van der Waals surface area (Å²) in [6.45, 7) is 0. The van der Waals surface area contributed by atoms with Crippen LogP contribution in [0.4, 0.5) is 0 Å². The molecule has 0 N–H and O–H groups in total. The maximum Gasteiger partial charge on any atom is 0.0659 e. The third-order valence-corrected chi connectivity index (χ3v) is 2.71. The maximum atomic E-state index is 8.90. The van der Waals surface area contributed by atoms with Gasteiger partial charge < -0.3 is 0 Å². The molecule has 1 aromatic rings. The topological polar surface area (TPSA) is 47.6 Å². The first-order valence-corrected chi connectivity index (χ1v) is 5.56. The summed E-state index contributed by atoms with van der Waals surface area (Å²) >= 11 is 3.36. The van der Waals surface area contributed by atoms with Crippen LogP contribution in [0.25, 0.3) is 0 Å². The van der Waals surface area contributed by atoms with E-state index in [0.717, 1.165) is 16.5 Å². The predicted octanol–water partition coefficient (Wildman–Crippen LogP) is 3.44.